The van der Waals surface area contributed by atoms with E-state index in [2.05, 4.69) is 29.3 Å². The van der Waals surface area contributed by atoms with E-state index in [1.165, 1.54) is 49.4 Å². The van der Waals surface area contributed by atoms with E-state index in [0.717, 1.165) is 19.5 Å². The molecule has 3 heteroatoms. The summed E-state index contributed by atoms with van der Waals surface area (Å²) in [5.41, 5.74) is 2.76. The number of hydrogen-bond acceptors (Lipinski definition) is 3. The van der Waals surface area contributed by atoms with Gasteiger partial charge in [-0.3, -0.25) is 0 Å². The zero-order valence-corrected chi connectivity index (χ0v) is 13.3. The van der Waals surface area contributed by atoms with Gasteiger partial charge in [-0.2, -0.15) is 0 Å². The molecule has 0 amide bonds. The molecule has 1 unspecified atom stereocenters. The van der Waals surface area contributed by atoms with Crippen LogP contribution < -0.4 is 10.2 Å². The van der Waals surface area contributed by atoms with Crippen LogP contribution in [0.4, 0.5) is 5.82 Å². The molecule has 3 nitrogen and oxygen atoms in total. The molecule has 1 fully saturated rings. The minimum atomic E-state index is 0.534. The molecular formula is C17H29N3. The highest BCUT2D eigenvalue weighted by Gasteiger charge is 2.19. The number of nitrogens with one attached hydrogen (secondary N) is 1. The molecular weight excluding hydrogens is 246 g/mol. The quantitative estimate of drug-likeness (QED) is 0.852. The lowest BCUT2D eigenvalue weighted by Gasteiger charge is -2.28. The van der Waals surface area contributed by atoms with Crippen molar-refractivity contribution in [3.05, 3.63) is 23.4 Å². The van der Waals surface area contributed by atoms with Crippen molar-refractivity contribution in [3.8, 4) is 0 Å². The van der Waals surface area contributed by atoms with Crippen molar-refractivity contribution in [2.75, 3.05) is 31.1 Å². The van der Waals surface area contributed by atoms with Crippen molar-refractivity contribution < 1.29 is 0 Å². The molecule has 0 spiro atoms. The lowest BCUT2D eigenvalue weighted by Crippen LogP contribution is -2.30. The van der Waals surface area contributed by atoms with Gasteiger partial charge < -0.3 is 10.2 Å². The minimum Gasteiger partial charge on any atom is -0.357 e. The molecule has 1 saturated heterocycles. The highest BCUT2D eigenvalue weighted by Crippen LogP contribution is 2.25. The van der Waals surface area contributed by atoms with Crippen molar-refractivity contribution in [1.29, 1.82) is 0 Å². The first-order valence-electron chi connectivity index (χ1n) is 8.30. The maximum absolute atomic E-state index is 4.96. The number of piperidine rings is 1. The maximum Gasteiger partial charge on any atom is 0.128 e. The Morgan fingerprint density at radius 2 is 1.90 bits per heavy atom. The smallest absolute Gasteiger partial charge is 0.128 e. The zero-order valence-electron chi connectivity index (χ0n) is 13.3. The fourth-order valence-electron chi connectivity index (χ4n) is 3.07. The summed E-state index contributed by atoms with van der Waals surface area (Å²) in [6.07, 6.45) is 5.13. The van der Waals surface area contributed by atoms with Gasteiger partial charge in [0.15, 0.2) is 0 Å². The van der Waals surface area contributed by atoms with Crippen molar-refractivity contribution in [2.24, 2.45) is 0 Å². The van der Waals surface area contributed by atoms with E-state index >= 15 is 0 Å². The SMILES string of the molecule is CC.CC1CNCCc2ccc(N3CCCCC3)nc21. The summed E-state index contributed by atoms with van der Waals surface area (Å²) < 4.78 is 0. The number of anilines is 1. The molecule has 2 aliphatic heterocycles. The predicted molar refractivity (Wildman–Crippen MR) is 86.6 cm³/mol. The van der Waals surface area contributed by atoms with E-state index in [4.69, 9.17) is 4.98 Å². The van der Waals surface area contributed by atoms with Gasteiger partial charge in [0.25, 0.3) is 0 Å². The minimum absolute atomic E-state index is 0.534. The lowest BCUT2D eigenvalue weighted by molar-refractivity contribution is 0.571. The summed E-state index contributed by atoms with van der Waals surface area (Å²) in [6, 6.07) is 4.53. The third-order valence-corrected chi connectivity index (χ3v) is 4.17. The molecule has 0 aromatic carbocycles. The molecule has 112 valence electrons. The number of pyridine rings is 1. The Morgan fingerprint density at radius 3 is 2.65 bits per heavy atom. The molecule has 0 aliphatic carbocycles. The fourth-order valence-corrected chi connectivity index (χ4v) is 3.07. The Bertz CT molecular complexity index is 411. The van der Waals surface area contributed by atoms with Crippen LogP contribution in [0.1, 0.15) is 57.2 Å². The van der Waals surface area contributed by atoms with Gasteiger partial charge in [-0.25, -0.2) is 4.98 Å². The van der Waals surface area contributed by atoms with Gasteiger partial charge in [0, 0.05) is 25.6 Å². The second kappa shape index (κ2) is 7.63. The van der Waals surface area contributed by atoms with Crippen LogP contribution in [0.2, 0.25) is 0 Å². The summed E-state index contributed by atoms with van der Waals surface area (Å²) >= 11 is 0. The third kappa shape index (κ3) is 3.51. The third-order valence-electron chi connectivity index (χ3n) is 4.17. The number of fused-ring (bicyclic) bond motifs is 1. The largest absolute Gasteiger partial charge is 0.357 e. The van der Waals surface area contributed by atoms with Gasteiger partial charge in [0.1, 0.15) is 5.82 Å². The van der Waals surface area contributed by atoms with E-state index in [1.54, 1.807) is 0 Å². The highest BCUT2D eigenvalue weighted by molar-refractivity contribution is 5.43. The van der Waals surface area contributed by atoms with Crippen LogP contribution in [0.25, 0.3) is 0 Å². The van der Waals surface area contributed by atoms with Crippen molar-refractivity contribution in [1.82, 2.24) is 10.3 Å². The summed E-state index contributed by atoms with van der Waals surface area (Å²) in [7, 11) is 0. The molecule has 2 aliphatic rings. The van der Waals surface area contributed by atoms with E-state index in [-0.39, 0.29) is 0 Å². The maximum atomic E-state index is 4.96. The highest BCUT2D eigenvalue weighted by atomic mass is 15.2. The number of rotatable bonds is 1. The summed E-state index contributed by atoms with van der Waals surface area (Å²) in [5.74, 6) is 1.73. The monoisotopic (exact) mass is 275 g/mol. The Morgan fingerprint density at radius 1 is 1.15 bits per heavy atom. The van der Waals surface area contributed by atoms with Gasteiger partial charge in [-0.15, -0.1) is 0 Å². The Kier molecular flexibility index (Phi) is 5.84. The molecule has 1 aromatic rings. The summed E-state index contributed by atoms with van der Waals surface area (Å²) in [5, 5.41) is 3.49. The molecule has 1 atom stereocenters. The molecule has 0 radical (unpaired) electrons. The molecule has 1 N–H and O–H groups in total. The van der Waals surface area contributed by atoms with E-state index in [1.807, 2.05) is 13.8 Å². The second-order valence-electron chi connectivity index (χ2n) is 5.62. The molecule has 0 saturated carbocycles. The van der Waals surface area contributed by atoms with Crippen LogP contribution in [0.15, 0.2) is 12.1 Å². The first-order valence-corrected chi connectivity index (χ1v) is 8.30. The average Bonchev–Trinajstić information content (AvgIpc) is 2.72. The van der Waals surface area contributed by atoms with Crippen LogP contribution in [0.5, 0.6) is 0 Å². The van der Waals surface area contributed by atoms with Crippen LogP contribution in [0.3, 0.4) is 0 Å². The van der Waals surface area contributed by atoms with Crippen molar-refractivity contribution >= 4 is 5.82 Å². The van der Waals surface area contributed by atoms with Gasteiger partial charge in [0.2, 0.25) is 0 Å². The van der Waals surface area contributed by atoms with Gasteiger partial charge in [-0.1, -0.05) is 26.8 Å². The molecule has 3 heterocycles. The average molecular weight is 275 g/mol. The molecule has 1 aromatic heterocycles. The van der Waals surface area contributed by atoms with Crippen molar-refractivity contribution in [3.63, 3.8) is 0 Å². The fraction of sp³-hybridized carbons (Fsp3) is 0.706. The normalized spacial score (nSPS) is 22.4. The van der Waals surface area contributed by atoms with Crippen molar-refractivity contribution in [2.45, 2.75) is 52.4 Å². The molecule has 3 rings (SSSR count). The lowest BCUT2D eigenvalue weighted by atomic mass is 10.0. The first-order chi connectivity index (χ1) is 9.84. The standard InChI is InChI=1S/C15H23N3.C2H6/c1-12-11-16-8-7-13-5-6-14(17-15(12)13)18-9-3-2-4-10-18;1-2/h5-6,12,16H,2-4,7-11H2,1H3;1-2H3. The van der Waals surface area contributed by atoms with E-state index < -0.39 is 0 Å². The Balaban J connectivity index is 0.000000704. The Hall–Kier alpha value is -1.09. The molecule has 0 bridgehead atoms. The zero-order chi connectivity index (χ0) is 14.4. The number of nitrogens with zero attached hydrogens (tertiary/aromatic N) is 2. The van der Waals surface area contributed by atoms with Crippen LogP contribution in [-0.4, -0.2) is 31.2 Å². The Labute approximate surface area is 123 Å². The molecule has 20 heavy (non-hydrogen) atoms. The summed E-state index contributed by atoms with van der Waals surface area (Å²) in [6.45, 7) is 10.8. The predicted octanol–water partition coefficient (Wildman–Crippen LogP) is 3.35. The van der Waals surface area contributed by atoms with Crippen LogP contribution in [-0.2, 0) is 6.42 Å². The first kappa shape index (κ1) is 15.3. The summed E-state index contributed by atoms with van der Waals surface area (Å²) in [4.78, 5) is 7.42. The van der Waals surface area contributed by atoms with Gasteiger partial charge in [0.05, 0.1) is 5.69 Å². The van der Waals surface area contributed by atoms with Gasteiger partial charge >= 0.3 is 0 Å². The number of hydrogen-bond donors (Lipinski definition) is 1. The van der Waals surface area contributed by atoms with Crippen LogP contribution in [0, 0.1) is 0 Å². The van der Waals surface area contributed by atoms with Gasteiger partial charge in [-0.05, 0) is 43.9 Å². The van der Waals surface area contributed by atoms with Crippen LogP contribution >= 0.6 is 0 Å². The second-order valence-corrected chi connectivity index (χ2v) is 5.62. The number of aromatic nitrogens is 1. The topological polar surface area (TPSA) is 28.2 Å². The van der Waals surface area contributed by atoms with E-state index in [9.17, 15) is 0 Å². The van der Waals surface area contributed by atoms with E-state index in [0.29, 0.717) is 5.92 Å².